The van der Waals surface area contributed by atoms with Crippen molar-refractivity contribution in [2.75, 3.05) is 5.32 Å². The molecule has 0 fully saturated rings. The van der Waals surface area contributed by atoms with Gasteiger partial charge >= 0.3 is 12.1 Å². The Labute approximate surface area is 162 Å². The first-order valence-corrected chi connectivity index (χ1v) is 8.80. The van der Waals surface area contributed by atoms with Crippen molar-refractivity contribution < 1.29 is 27.9 Å². The third kappa shape index (κ3) is 5.01. The smallest absolute Gasteiger partial charge is 0.416 e. The van der Waals surface area contributed by atoms with Crippen LogP contribution in [0, 0.1) is 0 Å². The van der Waals surface area contributed by atoms with Gasteiger partial charge < -0.3 is 10.4 Å². The Morgan fingerprint density at radius 1 is 1.11 bits per heavy atom. The molecular weight excluding hydrogens is 393 g/mol. The van der Waals surface area contributed by atoms with Crippen LogP contribution in [0.2, 0.25) is 0 Å². The molecule has 2 N–H and O–H groups in total. The number of carbonyl (C=O) groups excluding carboxylic acids is 1. The van der Waals surface area contributed by atoms with Crippen molar-refractivity contribution in [3.05, 3.63) is 70.1 Å². The van der Waals surface area contributed by atoms with E-state index in [9.17, 15) is 22.8 Å². The van der Waals surface area contributed by atoms with Crippen LogP contribution in [0.3, 0.4) is 0 Å². The highest BCUT2D eigenvalue weighted by atomic mass is 32.2. The van der Waals surface area contributed by atoms with Crippen LogP contribution in [0.1, 0.15) is 16.7 Å². The summed E-state index contributed by atoms with van der Waals surface area (Å²) in [7, 11) is 0. The number of aliphatic imine (C=N–C) groups is 1. The van der Waals surface area contributed by atoms with Crippen molar-refractivity contribution in [1.82, 2.24) is 0 Å². The number of rotatable bonds is 4. The number of alkyl halides is 3. The number of hydrogen-bond donors (Lipinski definition) is 2. The molecule has 0 saturated heterocycles. The van der Waals surface area contributed by atoms with E-state index >= 15 is 0 Å². The molecule has 5 nitrogen and oxygen atoms in total. The van der Waals surface area contributed by atoms with Crippen molar-refractivity contribution in [2.24, 2.45) is 4.99 Å². The Bertz CT molecular complexity index is 965. The first-order valence-electron chi connectivity index (χ1n) is 7.98. The molecule has 0 aliphatic carbocycles. The van der Waals surface area contributed by atoms with Gasteiger partial charge in [0.05, 0.1) is 16.9 Å². The number of carboxylic acids is 1. The lowest BCUT2D eigenvalue weighted by atomic mass is 10.1. The van der Waals surface area contributed by atoms with Gasteiger partial charge in [-0.15, -0.1) is 0 Å². The summed E-state index contributed by atoms with van der Waals surface area (Å²) >= 11 is 1.07. The molecule has 2 aromatic rings. The molecule has 0 saturated carbocycles. The van der Waals surface area contributed by atoms with Crippen molar-refractivity contribution in [3.63, 3.8) is 0 Å². The molecule has 144 valence electrons. The molecule has 9 heteroatoms. The minimum Gasteiger partial charge on any atom is -0.481 e. The first-order chi connectivity index (χ1) is 13.2. The standard InChI is InChI=1S/C19H13F3N2O3S/c20-19(21,22)13-5-1-11(2-6-13)9-15-17(27)24-18(28-15)23-14-7-3-12(4-8-14)10-16(25)26/h1-9H,10H2,(H,25,26)(H,23,24,27). The number of anilines is 1. The number of halogens is 3. The van der Waals surface area contributed by atoms with Crippen LogP contribution in [0.25, 0.3) is 6.08 Å². The maximum absolute atomic E-state index is 12.6. The molecule has 0 radical (unpaired) electrons. The highest BCUT2D eigenvalue weighted by Gasteiger charge is 2.30. The van der Waals surface area contributed by atoms with E-state index in [0.717, 1.165) is 23.9 Å². The van der Waals surface area contributed by atoms with E-state index in [2.05, 4.69) is 10.3 Å². The predicted octanol–water partition coefficient (Wildman–Crippen LogP) is 4.41. The number of carbonyl (C=O) groups is 2. The number of benzene rings is 2. The highest BCUT2D eigenvalue weighted by molar-refractivity contribution is 8.18. The van der Waals surface area contributed by atoms with Crippen LogP contribution in [0.5, 0.6) is 0 Å². The van der Waals surface area contributed by atoms with Gasteiger partial charge in [0.2, 0.25) is 0 Å². The molecule has 1 heterocycles. The average molecular weight is 406 g/mol. The van der Waals surface area contributed by atoms with Gasteiger partial charge in [0.25, 0.3) is 5.91 Å². The number of carboxylic acid groups (broad SMARTS) is 1. The van der Waals surface area contributed by atoms with Gasteiger partial charge in [-0.1, -0.05) is 24.3 Å². The summed E-state index contributed by atoms with van der Waals surface area (Å²) in [6.07, 6.45) is -3.03. The highest BCUT2D eigenvalue weighted by Crippen LogP contribution is 2.32. The molecule has 0 aromatic heterocycles. The molecule has 0 bridgehead atoms. The van der Waals surface area contributed by atoms with Gasteiger partial charge in [0.1, 0.15) is 0 Å². The summed E-state index contributed by atoms with van der Waals surface area (Å²) < 4.78 is 37.8. The molecule has 0 atom stereocenters. The van der Waals surface area contributed by atoms with Crippen molar-refractivity contribution in [1.29, 1.82) is 0 Å². The normalized spacial score (nSPS) is 15.6. The summed E-state index contributed by atoms with van der Waals surface area (Å²) in [5, 5.41) is 12.0. The van der Waals surface area contributed by atoms with E-state index in [-0.39, 0.29) is 11.3 Å². The van der Waals surface area contributed by atoms with Crippen LogP contribution in [-0.2, 0) is 22.2 Å². The largest absolute Gasteiger partial charge is 0.481 e. The fourth-order valence-corrected chi connectivity index (χ4v) is 3.22. The second-order valence-corrected chi connectivity index (χ2v) is 6.88. The number of nitrogens with one attached hydrogen (secondary N) is 1. The number of aliphatic carboxylic acids is 1. The summed E-state index contributed by atoms with van der Waals surface area (Å²) in [5.74, 6) is -1.42. The number of amides is 1. The molecule has 1 amide bonds. The van der Waals surface area contributed by atoms with E-state index in [1.807, 2.05) is 0 Å². The van der Waals surface area contributed by atoms with Crippen molar-refractivity contribution in [2.45, 2.75) is 12.6 Å². The predicted molar refractivity (Wildman–Crippen MR) is 101 cm³/mol. The van der Waals surface area contributed by atoms with E-state index in [0.29, 0.717) is 22.0 Å². The Kier molecular flexibility index (Phi) is 5.55. The van der Waals surface area contributed by atoms with Gasteiger partial charge in [-0.25, -0.2) is 0 Å². The molecule has 3 rings (SSSR count). The van der Waals surface area contributed by atoms with Crippen LogP contribution in [0.15, 0.2) is 58.4 Å². The Hall–Kier alpha value is -3.07. The zero-order chi connectivity index (χ0) is 20.3. The lowest BCUT2D eigenvalue weighted by Crippen LogP contribution is -2.05. The van der Waals surface area contributed by atoms with E-state index in [1.54, 1.807) is 24.3 Å². The summed E-state index contributed by atoms with van der Waals surface area (Å²) in [5.41, 5.74) is 0.963. The summed E-state index contributed by atoms with van der Waals surface area (Å²) in [4.78, 5) is 26.9. The van der Waals surface area contributed by atoms with Gasteiger partial charge in [0.15, 0.2) is 5.17 Å². The second kappa shape index (κ2) is 7.89. The fourth-order valence-electron chi connectivity index (χ4n) is 2.39. The molecule has 28 heavy (non-hydrogen) atoms. The number of thioether (sulfide) groups is 1. The Morgan fingerprint density at radius 2 is 1.75 bits per heavy atom. The zero-order valence-corrected chi connectivity index (χ0v) is 15.0. The molecule has 0 unspecified atom stereocenters. The van der Waals surface area contributed by atoms with Gasteiger partial charge in [-0.2, -0.15) is 18.2 Å². The Balaban J connectivity index is 1.66. The van der Waals surface area contributed by atoms with Crippen LogP contribution in [0.4, 0.5) is 18.9 Å². The third-order valence-electron chi connectivity index (χ3n) is 3.72. The van der Waals surface area contributed by atoms with Gasteiger partial charge in [-0.05, 0) is 53.2 Å². The van der Waals surface area contributed by atoms with Crippen molar-refractivity contribution in [3.8, 4) is 0 Å². The van der Waals surface area contributed by atoms with Crippen molar-refractivity contribution >= 4 is 40.6 Å². The number of hydrogen-bond acceptors (Lipinski definition) is 4. The first kappa shape index (κ1) is 19.7. The average Bonchev–Trinajstić information content (AvgIpc) is 2.95. The molecule has 1 aliphatic heterocycles. The number of amidine groups is 1. The Morgan fingerprint density at radius 3 is 2.32 bits per heavy atom. The minimum absolute atomic E-state index is 0.0888. The quantitative estimate of drug-likeness (QED) is 0.735. The second-order valence-electron chi connectivity index (χ2n) is 5.84. The van der Waals surface area contributed by atoms with E-state index in [4.69, 9.17) is 5.11 Å². The fraction of sp³-hybridized carbons (Fsp3) is 0.105. The van der Waals surface area contributed by atoms with E-state index < -0.39 is 23.6 Å². The molecule has 0 spiro atoms. The monoisotopic (exact) mass is 406 g/mol. The topological polar surface area (TPSA) is 78.8 Å². The van der Waals surface area contributed by atoms with Gasteiger partial charge in [-0.3, -0.25) is 9.59 Å². The number of nitrogens with zero attached hydrogens (tertiary/aromatic N) is 1. The maximum atomic E-state index is 12.6. The minimum atomic E-state index is -4.41. The van der Waals surface area contributed by atoms with Crippen LogP contribution < -0.4 is 5.32 Å². The summed E-state index contributed by atoms with van der Waals surface area (Å²) in [6, 6.07) is 11.1. The van der Waals surface area contributed by atoms with Crippen LogP contribution >= 0.6 is 11.8 Å². The maximum Gasteiger partial charge on any atom is 0.416 e. The zero-order valence-electron chi connectivity index (χ0n) is 14.2. The third-order valence-corrected chi connectivity index (χ3v) is 4.62. The summed E-state index contributed by atoms with van der Waals surface area (Å²) in [6.45, 7) is 0. The lowest BCUT2D eigenvalue weighted by molar-refractivity contribution is -0.138. The van der Waals surface area contributed by atoms with Gasteiger partial charge in [0, 0.05) is 5.69 Å². The molecule has 2 aromatic carbocycles. The molecule has 1 aliphatic rings. The SMILES string of the molecule is O=C(O)Cc1ccc(NC2=NC(=O)C(=Cc3ccc(C(F)(F)F)cc3)S2)cc1. The lowest BCUT2D eigenvalue weighted by Gasteiger charge is -2.06. The van der Waals surface area contributed by atoms with E-state index in [1.165, 1.54) is 18.2 Å². The van der Waals surface area contributed by atoms with Crippen LogP contribution in [-0.4, -0.2) is 22.2 Å². The molecular formula is C19H13F3N2O3S.